The number of phenols is 1. The number of carbonyl (C=O) groups is 1. The minimum Gasteiger partial charge on any atom is -0.504 e. The first-order chi connectivity index (χ1) is 10.1. The molecule has 0 aliphatic rings. The zero-order valence-electron chi connectivity index (χ0n) is 11.8. The Labute approximate surface area is 126 Å². The summed E-state index contributed by atoms with van der Waals surface area (Å²) >= 11 is 1.55. The van der Waals surface area contributed by atoms with Crippen molar-refractivity contribution >= 4 is 17.4 Å². The molecule has 1 heterocycles. The van der Waals surface area contributed by atoms with Crippen LogP contribution in [0.5, 0.6) is 11.5 Å². The highest BCUT2D eigenvalue weighted by molar-refractivity contribution is 7.09. The molecule has 21 heavy (non-hydrogen) atoms. The molecule has 2 rings (SSSR count). The molecule has 7 heteroatoms. The predicted octanol–water partition coefficient (Wildman–Crippen LogP) is 2.17. The van der Waals surface area contributed by atoms with Gasteiger partial charge in [-0.1, -0.05) is 6.07 Å². The van der Waals surface area contributed by atoms with E-state index < -0.39 is 0 Å². The van der Waals surface area contributed by atoms with Crippen molar-refractivity contribution in [2.24, 2.45) is 0 Å². The average Bonchev–Trinajstić information content (AvgIpc) is 2.89. The van der Waals surface area contributed by atoms with Gasteiger partial charge in [0.15, 0.2) is 11.5 Å². The van der Waals surface area contributed by atoms with E-state index in [0.717, 1.165) is 16.3 Å². The van der Waals surface area contributed by atoms with Gasteiger partial charge in [-0.3, -0.25) is 0 Å². The summed E-state index contributed by atoms with van der Waals surface area (Å²) in [5, 5.41) is 18.0. The van der Waals surface area contributed by atoms with Crippen LogP contribution in [0.4, 0.5) is 4.79 Å². The number of hydrogen-bond acceptors (Lipinski definition) is 5. The zero-order chi connectivity index (χ0) is 15.2. The molecule has 0 saturated carbocycles. The van der Waals surface area contributed by atoms with Gasteiger partial charge in [-0.15, -0.1) is 11.3 Å². The molecule has 1 aromatic heterocycles. The third-order valence-corrected chi connectivity index (χ3v) is 3.62. The summed E-state index contributed by atoms with van der Waals surface area (Å²) in [5.74, 6) is 0.456. The summed E-state index contributed by atoms with van der Waals surface area (Å²) in [5.41, 5.74) is 1.63. The lowest BCUT2D eigenvalue weighted by Gasteiger charge is -2.08. The maximum Gasteiger partial charge on any atom is 0.315 e. The van der Waals surface area contributed by atoms with Gasteiger partial charge in [-0.25, -0.2) is 9.78 Å². The van der Waals surface area contributed by atoms with E-state index in [4.69, 9.17) is 4.74 Å². The van der Waals surface area contributed by atoms with Crippen LogP contribution < -0.4 is 15.4 Å². The molecule has 112 valence electrons. The first-order valence-electron chi connectivity index (χ1n) is 6.37. The number of hydrogen-bond donors (Lipinski definition) is 3. The first kappa shape index (κ1) is 15.1. The lowest BCUT2D eigenvalue weighted by atomic mass is 10.2. The molecule has 0 radical (unpaired) electrons. The van der Waals surface area contributed by atoms with Crippen molar-refractivity contribution in [1.82, 2.24) is 15.6 Å². The second kappa shape index (κ2) is 6.94. The van der Waals surface area contributed by atoms with E-state index in [0.29, 0.717) is 18.8 Å². The van der Waals surface area contributed by atoms with Gasteiger partial charge in [0, 0.05) is 11.9 Å². The van der Waals surface area contributed by atoms with Gasteiger partial charge < -0.3 is 20.5 Å². The number of nitrogens with zero attached hydrogens (tertiary/aromatic N) is 1. The Balaban J connectivity index is 1.79. The van der Waals surface area contributed by atoms with Crippen molar-refractivity contribution in [3.8, 4) is 11.5 Å². The first-order valence-corrected chi connectivity index (χ1v) is 7.25. The van der Waals surface area contributed by atoms with Crippen LogP contribution in [0, 0.1) is 6.92 Å². The van der Waals surface area contributed by atoms with Crippen molar-refractivity contribution in [3.05, 3.63) is 39.8 Å². The third-order valence-electron chi connectivity index (χ3n) is 2.79. The lowest BCUT2D eigenvalue weighted by Crippen LogP contribution is -2.34. The van der Waals surface area contributed by atoms with E-state index in [1.165, 1.54) is 7.11 Å². The van der Waals surface area contributed by atoms with Crippen molar-refractivity contribution < 1.29 is 14.6 Å². The van der Waals surface area contributed by atoms with Crippen LogP contribution >= 0.6 is 11.3 Å². The molecule has 0 saturated heterocycles. The van der Waals surface area contributed by atoms with E-state index in [1.54, 1.807) is 29.5 Å². The van der Waals surface area contributed by atoms with Crippen LogP contribution in [0.15, 0.2) is 23.6 Å². The molecule has 0 atom stereocenters. The number of phenolic OH excluding ortho intramolecular Hbond substituents is 1. The molecule has 3 N–H and O–H groups in total. The Kier molecular flexibility index (Phi) is 4.99. The number of carbonyl (C=O) groups excluding carboxylic acids is 1. The average molecular weight is 307 g/mol. The van der Waals surface area contributed by atoms with Crippen molar-refractivity contribution in [3.63, 3.8) is 0 Å². The van der Waals surface area contributed by atoms with Crippen LogP contribution in [0.2, 0.25) is 0 Å². The van der Waals surface area contributed by atoms with E-state index in [2.05, 4.69) is 15.6 Å². The fraction of sp³-hybridized carbons (Fsp3) is 0.286. The molecule has 0 spiro atoms. The van der Waals surface area contributed by atoms with Crippen LogP contribution in [-0.2, 0) is 13.1 Å². The van der Waals surface area contributed by atoms with E-state index in [9.17, 15) is 9.90 Å². The van der Waals surface area contributed by atoms with Gasteiger partial charge in [-0.2, -0.15) is 0 Å². The summed E-state index contributed by atoms with van der Waals surface area (Å²) in [7, 11) is 1.49. The van der Waals surface area contributed by atoms with Crippen LogP contribution in [0.25, 0.3) is 0 Å². The second-order valence-corrected chi connectivity index (χ2v) is 5.46. The summed E-state index contributed by atoms with van der Waals surface area (Å²) in [6.45, 7) is 2.63. The zero-order valence-corrected chi connectivity index (χ0v) is 12.7. The molecule has 2 amide bonds. The summed E-state index contributed by atoms with van der Waals surface area (Å²) < 4.78 is 4.96. The van der Waals surface area contributed by atoms with Gasteiger partial charge in [0.05, 0.1) is 24.4 Å². The standard InChI is InChI=1S/C14H17N3O3S/c1-9-17-11(8-21-9)7-16-14(19)15-6-10-3-4-13(20-2)12(18)5-10/h3-5,8,18H,6-7H2,1-2H3,(H2,15,16,19). The Hall–Kier alpha value is -2.28. The number of benzene rings is 1. The molecule has 0 aliphatic heterocycles. The number of ether oxygens (including phenoxy) is 1. The Morgan fingerprint density at radius 3 is 2.76 bits per heavy atom. The van der Waals surface area contributed by atoms with Gasteiger partial charge in [0.25, 0.3) is 0 Å². The van der Waals surface area contributed by atoms with Crippen molar-refractivity contribution in [2.75, 3.05) is 7.11 Å². The number of amides is 2. The number of aryl methyl sites for hydroxylation is 1. The number of aromatic nitrogens is 1. The van der Waals surface area contributed by atoms with Gasteiger partial charge in [-0.05, 0) is 24.6 Å². The summed E-state index contributed by atoms with van der Waals surface area (Å²) in [6, 6.07) is 4.71. The highest BCUT2D eigenvalue weighted by Crippen LogP contribution is 2.25. The number of aromatic hydroxyl groups is 1. The third kappa shape index (κ3) is 4.35. The van der Waals surface area contributed by atoms with E-state index in [1.807, 2.05) is 12.3 Å². The van der Waals surface area contributed by atoms with Crippen LogP contribution in [-0.4, -0.2) is 23.2 Å². The number of rotatable bonds is 5. The maximum absolute atomic E-state index is 11.7. The number of methoxy groups -OCH3 is 1. The minimum absolute atomic E-state index is 0.0511. The Morgan fingerprint density at radius 1 is 1.38 bits per heavy atom. The van der Waals surface area contributed by atoms with Crippen LogP contribution in [0.1, 0.15) is 16.3 Å². The maximum atomic E-state index is 11.7. The molecular weight excluding hydrogens is 290 g/mol. The smallest absolute Gasteiger partial charge is 0.315 e. The van der Waals surface area contributed by atoms with Gasteiger partial charge in [0.1, 0.15) is 0 Å². The topological polar surface area (TPSA) is 83.5 Å². The van der Waals surface area contributed by atoms with E-state index >= 15 is 0 Å². The number of nitrogens with one attached hydrogen (secondary N) is 2. The monoisotopic (exact) mass is 307 g/mol. The molecule has 6 nitrogen and oxygen atoms in total. The number of thiazole rings is 1. The second-order valence-electron chi connectivity index (χ2n) is 4.40. The van der Waals surface area contributed by atoms with Gasteiger partial charge >= 0.3 is 6.03 Å². The predicted molar refractivity (Wildman–Crippen MR) is 80.6 cm³/mol. The van der Waals surface area contributed by atoms with Gasteiger partial charge in [0.2, 0.25) is 0 Å². The molecule has 0 aliphatic carbocycles. The number of urea groups is 1. The van der Waals surface area contributed by atoms with Crippen molar-refractivity contribution in [1.29, 1.82) is 0 Å². The molecular formula is C14H17N3O3S. The Bertz CT molecular complexity index is 628. The van der Waals surface area contributed by atoms with Crippen molar-refractivity contribution in [2.45, 2.75) is 20.0 Å². The SMILES string of the molecule is COc1ccc(CNC(=O)NCc2csc(C)n2)cc1O. The quantitative estimate of drug-likeness (QED) is 0.790. The highest BCUT2D eigenvalue weighted by Gasteiger charge is 2.05. The fourth-order valence-electron chi connectivity index (χ4n) is 1.75. The normalized spacial score (nSPS) is 10.2. The summed E-state index contributed by atoms with van der Waals surface area (Å²) in [6.07, 6.45) is 0. The largest absolute Gasteiger partial charge is 0.504 e. The molecule has 0 bridgehead atoms. The summed E-state index contributed by atoms with van der Waals surface area (Å²) in [4.78, 5) is 15.9. The lowest BCUT2D eigenvalue weighted by molar-refractivity contribution is 0.240. The van der Waals surface area contributed by atoms with Crippen LogP contribution in [0.3, 0.4) is 0 Å². The molecule has 1 aromatic carbocycles. The highest BCUT2D eigenvalue weighted by atomic mass is 32.1. The molecule has 0 fully saturated rings. The fourth-order valence-corrected chi connectivity index (χ4v) is 2.36. The molecule has 0 unspecified atom stereocenters. The Morgan fingerprint density at radius 2 is 2.14 bits per heavy atom. The van der Waals surface area contributed by atoms with E-state index in [-0.39, 0.29) is 11.8 Å². The molecule has 2 aromatic rings. The minimum atomic E-state index is -0.282.